The molecule has 0 saturated carbocycles. The highest BCUT2D eigenvalue weighted by Crippen LogP contribution is 2.09. The quantitative estimate of drug-likeness (QED) is 0.629. The fourth-order valence-corrected chi connectivity index (χ4v) is 1.25. The summed E-state index contributed by atoms with van der Waals surface area (Å²) < 4.78 is 4.94. The number of ether oxygens (including phenoxy) is 1. The normalized spacial score (nSPS) is 15.5. The van der Waals surface area contributed by atoms with Crippen LogP contribution in [0.5, 0.6) is 0 Å². The molecule has 4 heteroatoms. The minimum absolute atomic E-state index is 0.0596. The average Bonchev–Trinajstić information content (AvgIpc) is 2.15. The van der Waals surface area contributed by atoms with Crippen molar-refractivity contribution in [3.8, 4) is 0 Å². The molecular formula is C10H21NO3. The number of hydrogen-bond donors (Lipinski definition) is 1. The summed E-state index contributed by atoms with van der Waals surface area (Å²) in [4.78, 5) is 12.8. The van der Waals surface area contributed by atoms with E-state index in [4.69, 9.17) is 9.84 Å². The maximum atomic E-state index is 10.7. The van der Waals surface area contributed by atoms with Crippen molar-refractivity contribution in [1.29, 1.82) is 0 Å². The van der Waals surface area contributed by atoms with E-state index >= 15 is 0 Å². The van der Waals surface area contributed by atoms with Gasteiger partial charge in [0.1, 0.15) is 0 Å². The molecule has 0 rings (SSSR count). The van der Waals surface area contributed by atoms with E-state index in [0.717, 1.165) is 19.6 Å². The van der Waals surface area contributed by atoms with Crippen LogP contribution in [0.4, 0.5) is 0 Å². The van der Waals surface area contributed by atoms with Gasteiger partial charge < -0.3 is 14.7 Å². The molecule has 0 saturated heterocycles. The van der Waals surface area contributed by atoms with Gasteiger partial charge in [0.15, 0.2) is 0 Å². The molecule has 0 fully saturated rings. The minimum atomic E-state index is -0.740. The number of nitrogens with zero attached hydrogens (tertiary/aromatic N) is 1. The van der Waals surface area contributed by atoms with E-state index in [1.165, 1.54) is 0 Å². The van der Waals surface area contributed by atoms with Crippen LogP contribution in [0.3, 0.4) is 0 Å². The molecule has 4 nitrogen and oxygen atoms in total. The molecule has 0 aliphatic carbocycles. The number of carboxylic acids is 1. The second-order valence-corrected chi connectivity index (χ2v) is 3.69. The van der Waals surface area contributed by atoms with Gasteiger partial charge in [-0.1, -0.05) is 6.92 Å². The van der Waals surface area contributed by atoms with E-state index in [1.54, 1.807) is 14.0 Å². The van der Waals surface area contributed by atoms with Crippen LogP contribution in [0.15, 0.2) is 0 Å². The average molecular weight is 203 g/mol. The first kappa shape index (κ1) is 13.4. The molecule has 2 unspecified atom stereocenters. The van der Waals surface area contributed by atoms with E-state index in [2.05, 4.69) is 4.90 Å². The van der Waals surface area contributed by atoms with Crippen molar-refractivity contribution in [2.75, 3.05) is 27.3 Å². The number of hydrogen-bond acceptors (Lipinski definition) is 3. The van der Waals surface area contributed by atoms with E-state index in [-0.39, 0.29) is 12.0 Å². The number of aliphatic carboxylic acids is 1. The maximum absolute atomic E-state index is 10.7. The van der Waals surface area contributed by atoms with E-state index in [9.17, 15) is 4.79 Å². The SMILES string of the molecule is COCCCN(C)C(C)C(C)C(=O)O. The summed E-state index contributed by atoms with van der Waals surface area (Å²) in [5.74, 6) is -1.07. The second kappa shape index (κ2) is 6.79. The first-order valence-electron chi connectivity index (χ1n) is 4.92. The van der Waals surface area contributed by atoms with Crippen LogP contribution in [0.25, 0.3) is 0 Å². The molecule has 1 N–H and O–H groups in total. The zero-order valence-electron chi connectivity index (χ0n) is 9.49. The lowest BCUT2D eigenvalue weighted by Gasteiger charge is -2.27. The van der Waals surface area contributed by atoms with Crippen molar-refractivity contribution in [2.24, 2.45) is 5.92 Å². The van der Waals surface area contributed by atoms with Crippen molar-refractivity contribution in [2.45, 2.75) is 26.3 Å². The Balaban J connectivity index is 3.85. The Morgan fingerprint density at radius 3 is 2.50 bits per heavy atom. The predicted octanol–water partition coefficient (Wildman–Crippen LogP) is 1.06. The van der Waals surface area contributed by atoms with Crippen LogP contribution in [0, 0.1) is 5.92 Å². The lowest BCUT2D eigenvalue weighted by molar-refractivity contribution is -0.143. The van der Waals surface area contributed by atoms with Crippen LogP contribution in [0.2, 0.25) is 0 Å². The van der Waals surface area contributed by atoms with Crippen LogP contribution in [0.1, 0.15) is 20.3 Å². The molecule has 0 spiro atoms. The van der Waals surface area contributed by atoms with Crippen LogP contribution in [-0.2, 0) is 9.53 Å². The first-order chi connectivity index (χ1) is 6.50. The van der Waals surface area contributed by atoms with Gasteiger partial charge in [0.25, 0.3) is 0 Å². The largest absolute Gasteiger partial charge is 0.481 e. The topological polar surface area (TPSA) is 49.8 Å². The first-order valence-corrected chi connectivity index (χ1v) is 4.92. The highest BCUT2D eigenvalue weighted by Gasteiger charge is 2.22. The van der Waals surface area contributed by atoms with E-state index in [0.29, 0.717) is 0 Å². The summed E-state index contributed by atoms with van der Waals surface area (Å²) in [7, 11) is 3.61. The molecular weight excluding hydrogens is 182 g/mol. The fraction of sp³-hybridized carbons (Fsp3) is 0.900. The third kappa shape index (κ3) is 4.58. The number of methoxy groups -OCH3 is 1. The van der Waals surface area contributed by atoms with Gasteiger partial charge in [-0.25, -0.2) is 0 Å². The van der Waals surface area contributed by atoms with Gasteiger partial charge in [0, 0.05) is 26.3 Å². The van der Waals surface area contributed by atoms with Crippen LogP contribution >= 0.6 is 0 Å². The number of carboxylic acid groups (broad SMARTS) is 1. The summed E-state index contributed by atoms with van der Waals surface area (Å²) in [6.07, 6.45) is 0.934. The highest BCUT2D eigenvalue weighted by atomic mass is 16.5. The lowest BCUT2D eigenvalue weighted by Crippen LogP contribution is -2.38. The van der Waals surface area contributed by atoms with Gasteiger partial charge in [0.05, 0.1) is 5.92 Å². The molecule has 84 valence electrons. The van der Waals surface area contributed by atoms with Gasteiger partial charge in [-0.2, -0.15) is 0 Å². The molecule has 0 radical (unpaired) electrons. The number of rotatable bonds is 7. The lowest BCUT2D eigenvalue weighted by atomic mass is 10.0. The van der Waals surface area contributed by atoms with Gasteiger partial charge in [0.2, 0.25) is 0 Å². The fourth-order valence-electron chi connectivity index (χ4n) is 1.25. The summed E-state index contributed by atoms with van der Waals surface area (Å²) >= 11 is 0. The van der Waals surface area contributed by atoms with Gasteiger partial charge in [-0.15, -0.1) is 0 Å². The molecule has 0 aliphatic heterocycles. The van der Waals surface area contributed by atoms with Crippen molar-refractivity contribution in [3.05, 3.63) is 0 Å². The van der Waals surface area contributed by atoms with Gasteiger partial charge >= 0.3 is 5.97 Å². The summed E-state index contributed by atoms with van der Waals surface area (Å²) in [5.41, 5.74) is 0. The Hall–Kier alpha value is -0.610. The van der Waals surface area contributed by atoms with Crippen molar-refractivity contribution in [3.63, 3.8) is 0 Å². The van der Waals surface area contributed by atoms with Gasteiger partial charge in [-0.3, -0.25) is 4.79 Å². The van der Waals surface area contributed by atoms with Gasteiger partial charge in [-0.05, 0) is 20.4 Å². The maximum Gasteiger partial charge on any atom is 0.307 e. The highest BCUT2D eigenvalue weighted by molar-refractivity contribution is 5.70. The Bertz CT molecular complexity index is 173. The van der Waals surface area contributed by atoms with Crippen LogP contribution < -0.4 is 0 Å². The molecule has 0 heterocycles. The molecule has 0 aromatic rings. The Kier molecular flexibility index (Phi) is 6.49. The standard InChI is InChI=1S/C10H21NO3/c1-8(10(12)13)9(2)11(3)6-5-7-14-4/h8-9H,5-7H2,1-4H3,(H,12,13). The molecule has 14 heavy (non-hydrogen) atoms. The second-order valence-electron chi connectivity index (χ2n) is 3.69. The zero-order chi connectivity index (χ0) is 11.1. The van der Waals surface area contributed by atoms with Crippen molar-refractivity contribution < 1.29 is 14.6 Å². The molecule has 0 amide bonds. The van der Waals surface area contributed by atoms with Crippen molar-refractivity contribution in [1.82, 2.24) is 4.90 Å². The minimum Gasteiger partial charge on any atom is -0.481 e. The Morgan fingerprint density at radius 2 is 2.07 bits per heavy atom. The third-order valence-electron chi connectivity index (χ3n) is 2.67. The summed E-state index contributed by atoms with van der Waals surface area (Å²) in [5, 5.41) is 8.82. The number of carbonyl (C=O) groups is 1. The third-order valence-corrected chi connectivity index (χ3v) is 2.67. The summed E-state index contributed by atoms with van der Waals surface area (Å²) in [6, 6.07) is 0.0596. The molecule has 0 aromatic heterocycles. The molecule has 2 atom stereocenters. The summed E-state index contributed by atoms with van der Waals surface area (Å²) in [6.45, 7) is 5.26. The molecule has 0 aromatic carbocycles. The smallest absolute Gasteiger partial charge is 0.307 e. The van der Waals surface area contributed by atoms with E-state index in [1.807, 2.05) is 14.0 Å². The predicted molar refractivity (Wildman–Crippen MR) is 55.4 cm³/mol. The van der Waals surface area contributed by atoms with Crippen molar-refractivity contribution >= 4 is 5.97 Å². The monoisotopic (exact) mass is 203 g/mol. The molecule has 0 aliphatic rings. The Labute approximate surface area is 85.9 Å². The Morgan fingerprint density at radius 1 is 1.50 bits per heavy atom. The van der Waals surface area contributed by atoms with Crippen LogP contribution in [-0.4, -0.2) is 49.3 Å². The zero-order valence-corrected chi connectivity index (χ0v) is 9.49. The molecule has 0 bridgehead atoms. The van der Waals surface area contributed by atoms with E-state index < -0.39 is 5.97 Å².